The summed E-state index contributed by atoms with van der Waals surface area (Å²) in [7, 11) is 0. The van der Waals surface area contributed by atoms with Crippen LogP contribution in [-0.2, 0) is 11.5 Å². The van der Waals surface area contributed by atoms with E-state index in [0.717, 1.165) is 5.69 Å². The molecule has 0 fully saturated rings. The highest BCUT2D eigenvalue weighted by molar-refractivity contribution is 6.31. The van der Waals surface area contributed by atoms with Crippen molar-refractivity contribution in [2.75, 3.05) is 5.32 Å². The molecule has 158 valence electrons. The molecule has 1 unspecified atom stereocenters. The Kier molecular flexibility index (Phi) is 5.61. The standard InChI is InChI=1S/C23H20ClFN4O2/c1-13-10-21(28-27-13)29-9-8-17-18(23(29)31)4-3-5-20(17)26-22(30)14(2)15-6-7-19(24)16(11-15)12-25/h3-11,14H,12H2,1-2H3,(H,26,30)(H,27,28). The second-order valence-electron chi connectivity index (χ2n) is 7.36. The lowest BCUT2D eigenvalue weighted by Crippen LogP contribution is -2.21. The molecule has 0 saturated carbocycles. The van der Waals surface area contributed by atoms with E-state index in [1.807, 2.05) is 6.92 Å². The number of nitrogens with one attached hydrogen (secondary N) is 2. The monoisotopic (exact) mass is 438 g/mol. The summed E-state index contributed by atoms with van der Waals surface area (Å²) in [6, 6.07) is 13.6. The number of amides is 1. The van der Waals surface area contributed by atoms with Crippen LogP contribution in [0.15, 0.2) is 59.5 Å². The van der Waals surface area contributed by atoms with Crippen molar-refractivity contribution in [3.63, 3.8) is 0 Å². The third-order valence-corrected chi connectivity index (χ3v) is 5.62. The maximum atomic E-state index is 13.1. The van der Waals surface area contributed by atoms with Gasteiger partial charge in [-0.1, -0.05) is 29.8 Å². The lowest BCUT2D eigenvalue weighted by atomic mass is 9.98. The number of carbonyl (C=O) groups excluding carboxylic acids is 1. The molecule has 8 heteroatoms. The molecule has 0 aliphatic heterocycles. The number of aryl methyl sites for hydroxylation is 1. The van der Waals surface area contributed by atoms with Gasteiger partial charge in [-0.25, -0.2) is 4.39 Å². The minimum absolute atomic E-state index is 0.238. The molecule has 4 rings (SSSR count). The Labute approximate surface area is 182 Å². The van der Waals surface area contributed by atoms with Crippen molar-refractivity contribution in [3.8, 4) is 5.82 Å². The largest absolute Gasteiger partial charge is 0.325 e. The zero-order valence-electron chi connectivity index (χ0n) is 16.9. The molecule has 1 atom stereocenters. The number of aromatic nitrogens is 3. The number of alkyl halides is 1. The van der Waals surface area contributed by atoms with Gasteiger partial charge in [-0.3, -0.25) is 19.3 Å². The van der Waals surface area contributed by atoms with Gasteiger partial charge < -0.3 is 5.32 Å². The van der Waals surface area contributed by atoms with Gasteiger partial charge in [0.25, 0.3) is 5.56 Å². The number of carbonyl (C=O) groups is 1. The van der Waals surface area contributed by atoms with E-state index in [0.29, 0.717) is 38.4 Å². The molecule has 0 aliphatic rings. The molecule has 1 amide bonds. The van der Waals surface area contributed by atoms with E-state index >= 15 is 0 Å². The van der Waals surface area contributed by atoms with E-state index in [1.54, 1.807) is 61.7 Å². The molecular weight excluding hydrogens is 419 g/mol. The van der Waals surface area contributed by atoms with Crippen LogP contribution in [0.5, 0.6) is 0 Å². The summed E-state index contributed by atoms with van der Waals surface area (Å²) in [5.74, 6) is -0.309. The Morgan fingerprint density at radius 2 is 2.03 bits per heavy atom. The third kappa shape index (κ3) is 3.96. The molecule has 0 aliphatic carbocycles. The number of anilines is 1. The van der Waals surface area contributed by atoms with Crippen LogP contribution in [0, 0.1) is 6.92 Å². The minimum atomic E-state index is -0.702. The van der Waals surface area contributed by atoms with E-state index in [9.17, 15) is 14.0 Å². The fraction of sp³-hybridized carbons (Fsp3) is 0.174. The molecule has 6 nitrogen and oxygen atoms in total. The maximum absolute atomic E-state index is 13.1. The van der Waals surface area contributed by atoms with Crippen LogP contribution in [0.1, 0.15) is 29.7 Å². The lowest BCUT2D eigenvalue weighted by molar-refractivity contribution is -0.117. The molecule has 2 aromatic heterocycles. The molecule has 31 heavy (non-hydrogen) atoms. The number of halogens is 2. The summed E-state index contributed by atoms with van der Waals surface area (Å²) >= 11 is 5.97. The Morgan fingerprint density at radius 3 is 2.74 bits per heavy atom. The number of H-pyrrole nitrogens is 1. The van der Waals surface area contributed by atoms with E-state index in [-0.39, 0.29) is 11.5 Å². The SMILES string of the molecule is Cc1cc(-n2ccc3c(NC(=O)C(C)c4ccc(Cl)c(CF)c4)cccc3c2=O)n[nH]1. The topological polar surface area (TPSA) is 79.8 Å². The molecule has 0 spiro atoms. The van der Waals surface area contributed by atoms with Gasteiger partial charge in [0.15, 0.2) is 5.82 Å². The van der Waals surface area contributed by atoms with Crippen LogP contribution in [0.2, 0.25) is 5.02 Å². The zero-order chi connectivity index (χ0) is 22.1. The normalized spacial score (nSPS) is 12.1. The van der Waals surface area contributed by atoms with Crippen molar-refractivity contribution in [1.82, 2.24) is 14.8 Å². The Hall–Kier alpha value is -3.45. The van der Waals surface area contributed by atoms with Crippen LogP contribution in [0.25, 0.3) is 16.6 Å². The van der Waals surface area contributed by atoms with Crippen molar-refractivity contribution < 1.29 is 9.18 Å². The number of rotatable bonds is 5. The van der Waals surface area contributed by atoms with E-state index in [2.05, 4.69) is 15.5 Å². The molecule has 2 N–H and O–H groups in total. The summed E-state index contributed by atoms with van der Waals surface area (Å²) in [5, 5.41) is 11.3. The number of benzene rings is 2. The van der Waals surface area contributed by atoms with Crippen LogP contribution in [-0.4, -0.2) is 20.7 Å². The van der Waals surface area contributed by atoms with Crippen molar-refractivity contribution in [2.45, 2.75) is 26.4 Å². The van der Waals surface area contributed by atoms with Gasteiger partial charge >= 0.3 is 0 Å². The Morgan fingerprint density at radius 1 is 1.23 bits per heavy atom. The molecule has 4 aromatic rings. The average molecular weight is 439 g/mol. The smallest absolute Gasteiger partial charge is 0.264 e. The van der Waals surface area contributed by atoms with E-state index in [1.165, 1.54) is 4.57 Å². The summed E-state index contributed by atoms with van der Waals surface area (Å²) in [6.45, 7) is 2.89. The second-order valence-corrected chi connectivity index (χ2v) is 7.77. The Balaban J connectivity index is 1.66. The highest BCUT2D eigenvalue weighted by Crippen LogP contribution is 2.26. The minimum Gasteiger partial charge on any atom is -0.325 e. The number of aromatic amines is 1. The molecule has 2 aromatic carbocycles. The average Bonchev–Trinajstić information content (AvgIpc) is 3.20. The number of nitrogens with zero attached hydrogens (tertiary/aromatic N) is 2. The first-order valence-corrected chi connectivity index (χ1v) is 10.1. The van der Waals surface area contributed by atoms with Crippen LogP contribution >= 0.6 is 11.6 Å². The molecule has 0 saturated heterocycles. The predicted molar refractivity (Wildman–Crippen MR) is 120 cm³/mol. The maximum Gasteiger partial charge on any atom is 0.264 e. The number of hydrogen-bond acceptors (Lipinski definition) is 3. The third-order valence-electron chi connectivity index (χ3n) is 5.25. The zero-order valence-corrected chi connectivity index (χ0v) is 17.7. The molecule has 0 radical (unpaired) electrons. The molecule has 0 bridgehead atoms. The number of hydrogen-bond donors (Lipinski definition) is 2. The number of fused-ring (bicyclic) bond motifs is 1. The van der Waals surface area contributed by atoms with Crippen LogP contribution in [0.4, 0.5) is 10.1 Å². The quantitative estimate of drug-likeness (QED) is 0.465. The van der Waals surface area contributed by atoms with Crippen molar-refractivity contribution in [2.24, 2.45) is 0 Å². The Bertz CT molecular complexity index is 1350. The van der Waals surface area contributed by atoms with Gasteiger partial charge in [0.2, 0.25) is 5.91 Å². The first-order chi connectivity index (χ1) is 14.9. The van der Waals surface area contributed by atoms with Gasteiger partial charge in [0, 0.05) is 45.0 Å². The molecule has 2 heterocycles. The summed E-state index contributed by atoms with van der Waals surface area (Å²) in [6.07, 6.45) is 1.63. The van der Waals surface area contributed by atoms with Crippen molar-refractivity contribution >= 4 is 34.0 Å². The van der Waals surface area contributed by atoms with Gasteiger partial charge in [0.1, 0.15) is 6.67 Å². The second kappa shape index (κ2) is 8.35. The van der Waals surface area contributed by atoms with Gasteiger partial charge in [-0.2, -0.15) is 5.10 Å². The van der Waals surface area contributed by atoms with Crippen LogP contribution < -0.4 is 10.9 Å². The lowest BCUT2D eigenvalue weighted by Gasteiger charge is -2.15. The van der Waals surface area contributed by atoms with Crippen molar-refractivity contribution in [3.05, 3.63) is 86.9 Å². The highest BCUT2D eigenvalue weighted by atomic mass is 35.5. The summed E-state index contributed by atoms with van der Waals surface area (Å²) < 4.78 is 14.6. The van der Waals surface area contributed by atoms with Crippen molar-refractivity contribution in [1.29, 1.82) is 0 Å². The first kappa shape index (κ1) is 20.8. The fourth-order valence-corrected chi connectivity index (χ4v) is 3.62. The van der Waals surface area contributed by atoms with Gasteiger partial charge in [0.05, 0.1) is 5.92 Å². The van der Waals surface area contributed by atoms with E-state index < -0.39 is 12.6 Å². The fourth-order valence-electron chi connectivity index (χ4n) is 3.45. The van der Waals surface area contributed by atoms with Gasteiger partial charge in [-0.05, 0) is 43.7 Å². The van der Waals surface area contributed by atoms with Gasteiger partial charge in [-0.15, -0.1) is 0 Å². The van der Waals surface area contributed by atoms with Crippen LogP contribution in [0.3, 0.4) is 0 Å². The summed E-state index contributed by atoms with van der Waals surface area (Å²) in [4.78, 5) is 25.9. The predicted octanol–water partition coefficient (Wildman–Crippen LogP) is 4.89. The number of pyridine rings is 1. The highest BCUT2D eigenvalue weighted by Gasteiger charge is 2.18. The molecular formula is C23H20ClFN4O2. The summed E-state index contributed by atoms with van der Waals surface area (Å²) in [5.41, 5.74) is 2.13. The first-order valence-electron chi connectivity index (χ1n) is 9.71. The van der Waals surface area contributed by atoms with E-state index in [4.69, 9.17) is 11.6 Å².